The third-order valence-corrected chi connectivity index (χ3v) is 3.24. The SMILES string of the molecule is COC(=O)c1cc(Br)ccc1OCc1ccc(F)cc1F. The first-order valence-corrected chi connectivity index (χ1v) is 6.75. The quantitative estimate of drug-likeness (QED) is 0.774. The highest BCUT2D eigenvalue weighted by Crippen LogP contribution is 2.25. The molecular formula is C15H11BrF2O3. The van der Waals surface area contributed by atoms with E-state index in [1.165, 1.54) is 13.2 Å². The molecule has 2 aromatic carbocycles. The molecule has 6 heteroatoms. The maximum absolute atomic E-state index is 13.5. The Morgan fingerprint density at radius 2 is 1.95 bits per heavy atom. The lowest BCUT2D eigenvalue weighted by Crippen LogP contribution is -2.06. The maximum atomic E-state index is 13.5. The second kappa shape index (κ2) is 6.67. The minimum absolute atomic E-state index is 0.127. The fraction of sp³-hybridized carbons (Fsp3) is 0.133. The molecule has 0 spiro atoms. The minimum Gasteiger partial charge on any atom is -0.488 e. The van der Waals surface area contributed by atoms with Crippen LogP contribution >= 0.6 is 15.9 Å². The van der Waals surface area contributed by atoms with Gasteiger partial charge in [-0.25, -0.2) is 13.6 Å². The molecule has 0 amide bonds. The average Bonchev–Trinajstić information content (AvgIpc) is 2.46. The Kier molecular flexibility index (Phi) is 4.90. The maximum Gasteiger partial charge on any atom is 0.341 e. The summed E-state index contributed by atoms with van der Waals surface area (Å²) in [4.78, 5) is 11.7. The zero-order valence-electron chi connectivity index (χ0n) is 11.0. The topological polar surface area (TPSA) is 35.5 Å². The molecule has 0 fully saturated rings. The van der Waals surface area contributed by atoms with Gasteiger partial charge in [0, 0.05) is 16.1 Å². The van der Waals surface area contributed by atoms with Crippen LogP contribution in [-0.4, -0.2) is 13.1 Å². The second-order valence-electron chi connectivity index (χ2n) is 4.16. The summed E-state index contributed by atoms with van der Waals surface area (Å²) in [6.45, 7) is -0.127. The summed E-state index contributed by atoms with van der Waals surface area (Å²) in [6.07, 6.45) is 0. The number of carbonyl (C=O) groups is 1. The molecule has 0 atom stereocenters. The standard InChI is InChI=1S/C15H11BrF2O3/c1-20-15(19)12-6-10(16)3-5-14(12)21-8-9-2-4-11(17)7-13(9)18/h2-7H,8H2,1H3. The summed E-state index contributed by atoms with van der Waals surface area (Å²) < 4.78 is 37.1. The normalized spacial score (nSPS) is 10.3. The molecular weight excluding hydrogens is 346 g/mol. The van der Waals surface area contributed by atoms with Crippen molar-refractivity contribution >= 4 is 21.9 Å². The number of rotatable bonds is 4. The molecule has 110 valence electrons. The Morgan fingerprint density at radius 1 is 1.19 bits per heavy atom. The fourth-order valence-corrected chi connectivity index (χ4v) is 2.05. The van der Waals surface area contributed by atoms with E-state index < -0.39 is 17.6 Å². The van der Waals surface area contributed by atoms with E-state index in [9.17, 15) is 13.6 Å². The van der Waals surface area contributed by atoms with Crippen LogP contribution in [0.4, 0.5) is 8.78 Å². The van der Waals surface area contributed by atoms with Crippen LogP contribution in [0.25, 0.3) is 0 Å². The smallest absolute Gasteiger partial charge is 0.341 e. The van der Waals surface area contributed by atoms with Crippen molar-refractivity contribution < 1.29 is 23.0 Å². The molecule has 0 aliphatic rings. The summed E-state index contributed by atoms with van der Waals surface area (Å²) in [6, 6.07) is 8.01. The van der Waals surface area contributed by atoms with Crippen molar-refractivity contribution in [1.82, 2.24) is 0 Å². The monoisotopic (exact) mass is 356 g/mol. The zero-order chi connectivity index (χ0) is 15.4. The van der Waals surface area contributed by atoms with Crippen LogP contribution in [0.5, 0.6) is 5.75 Å². The van der Waals surface area contributed by atoms with E-state index in [0.29, 0.717) is 4.47 Å². The Labute approximate surface area is 128 Å². The molecule has 0 bridgehead atoms. The van der Waals surface area contributed by atoms with E-state index >= 15 is 0 Å². The lowest BCUT2D eigenvalue weighted by molar-refractivity contribution is 0.0595. The van der Waals surface area contributed by atoms with Gasteiger partial charge in [-0.2, -0.15) is 0 Å². The number of hydrogen-bond acceptors (Lipinski definition) is 3. The fourth-order valence-electron chi connectivity index (χ4n) is 1.69. The van der Waals surface area contributed by atoms with E-state index in [1.54, 1.807) is 18.2 Å². The van der Waals surface area contributed by atoms with Crippen LogP contribution in [0, 0.1) is 11.6 Å². The third-order valence-electron chi connectivity index (χ3n) is 2.75. The second-order valence-corrected chi connectivity index (χ2v) is 5.07. The van der Waals surface area contributed by atoms with Gasteiger partial charge in [0.1, 0.15) is 29.6 Å². The summed E-state index contributed by atoms with van der Waals surface area (Å²) in [5, 5.41) is 0. The molecule has 0 saturated heterocycles. The van der Waals surface area contributed by atoms with Gasteiger partial charge in [0.25, 0.3) is 0 Å². The molecule has 0 heterocycles. The molecule has 0 radical (unpaired) electrons. The number of ether oxygens (including phenoxy) is 2. The lowest BCUT2D eigenvalue weighted by atomic mass is 10.2. The molecule has 2 rings (SSSR count). The highest BCUT2D eigenvalue weighted by atomic mass is 79.9. The molecule has 0 aliphatic heterocycles. The van der Waals surface area contributed by atoms with Crippen LogP contribution in [0.15, 0.2) is 40.9 Å². The van der Waals surface area contributed by atoms with E-state index in [-0.39, 0.29) is 23.5 Å². The van der Waals surface area contributed by atoms with Gasteiger partial charge >= 0.3 is 5.97 Å². The Morgan fingerprint density at radius 3 is 2.62 bits per heavy atom. The van der Waals surface area contributed by atoms with Gasteiger partial charge in [-0.3, -0.25) is 0 Å². The molecule has 3 nitrogen and oxygen atoms in total. The molecule has 0 unspecified atom stereocenters. The third kappa shape index (κ3) is 3.78. The number of halogens is 3. The Bertz CT molecular complexity index is 674. The highest BCUT2D eigenvalue weighted by molar-refractivity contribution is 9.10. The molecule has 0 saturated carbocycles. The molecule has 0 aromatic heterocycles. The van der Waals surface area contributed by atoms with Gasteiger partial charge in [-0.1, -0.05) is 15.9 Å². The number of carbonyl (C=O) groups excluding carboxylic acids is 1. The summed E-state index contributed by atoms with van der Waals surface area (Å²) in [5.41, 5.74) is 0.407. The largest absolute Gasteiger partial charge is 0.488 e. The van der Waals surface area contributed by atoms with E-state index in [0.717, 1.165) is 12.1 Å². The van der Waals surface area contributed by atoms with Crippen molar-refractivity contribution in [3.63, 3.8) is 0 Å². The van der Waals surface area contributed by atoms with Gasteiger partial charge in [0.2, 0.25) is 0 Å². The summed E-state index contributed by atoms with van der Waals surface area (Å²) in [7, 11) is 1.26. The molecule has 21 heavy (non-hydrogen) atoms. The Hall–Kier alpha value is -1.95. The first-order chi connectivity index (χ1) is 10.0. The predicted molar refractivity (Wildman–Crippen MR) is 76.2 cm³/mol. The zero-order valence-corrected chi connectivity index (χ0v) is 12.6. The number of methoxy groups -OCH3 is 1. The van der Waals surface area contributed by atoms with E-state index in [2.05, 4.69) is 20.7 Å². The van der Waals surface area contributed by atoms with Crippen molar-refractivity contribution in [2.24, 2.45) is 0 Å². The van der Waals surface area contributed by atoms with Gasteiger partial charge in [-0.05, 0) is 30.3 Å². The van der Waals surface area contributed by atoms with Crippen LogP contribution < -0.4 is 4.74 Å². The summed E-state index contributed by atoms with van der Waals surface area (Å²) in [5.74, 6) is -1.67. The van der Waals surface area contributed by atoms with Crippen molar-refractivity contribution in [2.75, 3.05) is 7.11 Å². The molecule has 0 N–H and O–H groups in total. The van der Waals surface area contributed by atoms with Crippen molar-refractivity contribution in [2.45, 2.75) is 6.61 Å². The van der Waals surface area contributed by atoms with Crippen molar-refractivity contribution in [3.05, 3.63) is 63.6 Å². The molecule has 0 aliphatic carbocycles. The minimum atomic E-state index is -0.702. The van der Waals surface area contributed by atoms with Gasteiger partial charge in [-0.15, -0.1) is 0 Å². The van der Waals surface area contributed by atoms with Crippen LogP contribution in [0.1, 0.15) is 15.9 Å². The molecule has 2 aromatic rings. The van der Waals surface area contributed by atoms with Crippen molar-refractivity contribution in [1.29, 1.82) is 0 Å². The highest BCUT2D eigenvalue weighted by Gasteiger charge is 2.14. The van der Waals surface area contributed by atoms with E-state index in [4.69, 9.17) is 4.74 Å². The number of esters is 1. The predicted octanol–water partition coefficient (Wildman–Crippen LogP) is 4.09. The number of benzene rings is 2. The van der Waals surface area contributed by atoms with Crippen LogP contribution in [-0.2, 0) is 11.3 Å². The number of hydrogen-bond donors (Lipinski definition) is 0. The Balaban J connectivity index is 2.21. The summed E-state index contributed by atoms with van der Waals surface area (Å²) >= 11 is 3.24. The van der Waals surface area contributed by atoms with Crippen molar-refractivity contribution in [3.8, 4) is 5.75 Å². The van der Waals surface area contributed by atoms with Crippen LogP contribution in [0.2, 0.25) is 0 Å². The lowest BCUT2D eigenvalue weighted by Gasteiger charge is -2.11. The first kappa shape index (κ1) is 15.4. The van der Waals surface area contributed by atoms with Crippen LogP contribution in [0.3, 0.4) is 0 Å². The van der Waals surface area contributed by atoms with Gasteiger partial charge in [0.05, 0.1) is 7.11 Å². The first-order valence-electron chi connectivity index (χ1n) is 5.96. The van der Waals surface area contributed by atoms with E-state index in [1.807, 2.05) is 0 Å². The van der Waals surface area contributed by atoms with Gasteiger partial charge < -0.3 is 9.47 Å². The van der Waals surface area contributed by atoms with Gasteiger partial charge in [0.15, 0.2) is 0 Å². The average molecular weight is 357 g/mol.